The number of hydrogen-bond donors (Lipinski definition) is 1. The Bertz CT molecular complexity index is 681. The molecule has 5 nitrogen and oxygen atoms in total. The highest BCUT2D eigenvalue weighted by molar-refractivity contribution is 5.77. The molecule has 23 heavy (non-hydrogen) atoms. The van der Waals surface area contributed by atoms with E-state index in [1.54, 1.807) is 63.8 Å². The molecule has 0 saturated heterocycles. The Hall–Kier alpha value is -2.69. The number of carboxylic acids is 1. The average molecular weight is 316 g/mol. The summed E-state index contributed by atoms with van der Waals surface area (Å²) in [6.45, 7) is 0. The lowest BCUT2D eigenvalue weighted by molar-refractivity contribution is -0.138. The molecule has 0 fully saturated rings. The minimum absolute atomic E-state index is 0.295. The minimum atomic E-state index is -0.900. The van der Waals surface area contributed by atoms with Gasteiger partial charge < -0.3 is 19.3 Å². The molecular formula is C18H20O5. The molecule has 0 spiro atoms. The molecule has 0 heterocycles. The van der Waals surface area contributed by atoms with Gasteiger partial charge in [0.25, 0.3) is 0 Å². The summed E-state index contributed by atoms with van der Waals surface area (Å²) in [5, 5.41) is 9.63. The van der Waals surface area contributed by atoms with Crippen molar-refractivity contribution in [2.75, 3.05) is 21.3 Å². The molecule has 0 amide bonds. The molecule has 0 radical (unpaired) electrons. The molecule has 1 unspecified atom stereocenters. The molecule has 0 aliphatic carbocycles. The lowest BCUT2D eigenvalue weighted by Crippen LogP contribution is -2.15. The van der Waals surface area contributed by atoms with Crippen LogP contribution in [0.4, 0.5) is 0 Å². The third-order valence-corrected chi connectivity index (χ3v) is 3.71. The van der Waals surface area contributed by atoms with E-state index in [1.807, 2.05) is 0 Å². The number of carboxylic acid groups (broad SMARTS) is 1. The van der Waals surface area contributed by atoms with Gasteiger partial charge >= 0.3 is 5.97 Å². The van der Waals surface area contributed by atoms with Crippen molar-refractivity contribution >= 4 is 5.97 Å². The number of benzene rings is 2. The van der Waals surface area contributed by atoms with Crippen LogP contribution in [-0.2, 0) is 11.2 Å². The lowest BCUT2D eigenvalue weighted by atomic mass is 9.91. The Kier molecular flexibility index (Phi) is 5.46. The van der Waals surface area contributed by atoms with Gasteiger partial charge in [-0.05, 0) is 47.9 Å². The Balaban J connectivity index is 2.38. The molecular weight excluding hydrogens is 296 g/mol. The lowest BCUT2D eigenvalue weighted by Gasteiger charge is -2.16. The van der Waals surface area contributed by atoms with Crippen LogP contribution >= 0.6 is 0 Å². The zero-order valence-electron chi connectivity index (χ0n) is 13.4. The number of ether oxygens (including phenoxy) is 3. The fraction of sp³-hybridized carbons (Fsp3) is 0.278. The number of carbonyl (C=O) groups is 1. The van der Waals surface area contributed by atoms with Gasteiger partial charge in [0.2, 0.25) is 0 Å². The first-order chi connectivity index (χ1) is 11.1. The fourth-order valence-electron chi connectivity index (χ4n) is 2.47. The van der Waals surface area contributed by atoms with Gasteiger partial charge in [0.1, 0.15) is 17.2 Å². The van der Waals surface area contributed by atoms with Crippen LogP contribution in [0.5, 0.6) is 17.2 Å². The second-order valence-corrected chi connectivity index (χ2v) is 5.05. The van der Waals surface area contributed by atoms with E-state index in [9.17, 15) is 9.90 Å². The molecule has 122 valence electrons. The summed E-state index contributed by atoms with van der Waals surface area (Å²) in [6.07, 6.45) is 0.295. The van der Waals surface area contributed by atoms with Gasteiger partial charge in [0, 0.05) is 0 Å². The standard InChI is InChI=1S/C18H20O5/c1-21-14-6-4-5-12(9-14)16(18(19)20)11-13-10-15(22-2)7-8-17(13)23-3/h4-10,16H,11H2,1-3H3,(H,19,20). The van der Waals surface area contributed by atoms with Gasteiger partial charge in [0.05, 0.1) is 27.2 Å². The van der Waals surface area contributed by atoms with Gasteiger partial charge in [-0.3, -0.25) is 4.79 Å². The largest absolute Gasteiger partial charge is 0.497 e. The van der Waals surface area contributed by atoms with E-state index in [1.165, 1.54) is 0 Å². The first-order valence-electron chi connectivity index (χ1n) is 7.16. The van der Waals surface area contributed by atoms with Crippen molar-refractivity contribution in [3.63, 3.8) is 0 Å². The highest BCUT2D eigenvalue weighted by atomic mass is 16.5. The second kappa shape index (κ2) is 7.54. The fourth-order valence-corrected chi connectivity index (χ4v) is 2.47. The number of aliphatic carboxylic acids is 1. The van der Waals surface area contributed by atoms with Gasteiger partial charge in [-0.15, -0.1) is 0 Å². The van der Waals surface area contributed by atoms with E-state index >= 15 is 0 Å². The maximum absolute atomic E-state index is 11.7. The molecule has 0 bridgehead atoms. The Morgan fingerprint density at radius 2 is 1.70 bits per heavy atom. The van der Waals surface area contributed by atoms with E-state index in [4.69, 9.17) is 14.2 Å². The van der Waals surface area contributed by atoms with Crippen LogP contribution in [-0.4, -0.2) is 32.4 Å². The van der Waals surface area contributed by atoms with E-state index < -0.39 is 11.9 Å². The van der Waals surface area contributed by atoms with E-state index in [0.29, 0.717) is 29.2 Å². The molecule has 2 aromatic rings. The van der Waals surface area contributed by atoms with Crippen molar-refractivity contribution in [3.8, 4) is 17.2 Å². The summed E-state index contributed by atoms with van der Waals surface area (Å²) in [7, 11) is 4.69. The maximum Gasteiger partial charge on any atom is 0.311 e. The third-order valence-electron chi connectivity index (χ3n) is 3.71. The van der Waals surface area contributed by atoms with Crippen LogP contribution in [0.3, 0.4) is 0 Å². The molecule has 1 N–H and O–H groups in total. The summed E-state index contributed by atoms with van der Waals surface area (Å²) >= 11 is 0. The van der Waals surface area contributed by atoms with Crippen molar-refractivity contribution in [1.29, 1.82) is 0 Å². The summed E-state index contributed by atoms with van der Waals surface area (Å²) < 4.78 is 15.7. The number of hydrogen-bond acceptors (Lipinski definition) is 4. The smallest absolute Gasteiger partial charge is 0.311 e. The van der Waals surface area contributed by atoms with Gasteiger partial charge in [0.15, 0.2) is 0 Å². The predicted octanol–water partition coefficient (Wildman–Crippen LogP) is 3.12. The second-order valence-electron chi connectivity index (χ2n) is 5.05. The van der Waals surface area contributed by atoms with Gasteiger partial charge in [-0.25, -0.2) is 0 Å². The Morgan fingerprint density at radius 1 is 1.00 bits per heavy atom. The van der Waals surface area contributed by atoms with E-state index in [-0.39, 0.29) is 0 Å². The molecule has 2 rings (SSSR count). The quantitative estimate of drug-likeness (QED) is 0.850. The van der Waals surface area contributed by atoms with Crippen LogP contribution in [0.25, 0.3) is 0 Å². The van der Waals surface area contributed by atoms with Crippen LogP contribution < -0.4 is 14.2 Å². The van der Waals surface area contributed by atoms with Crippen LogP contribution in [0.1, 0.15) is 17.0 Å². The summed E-state index contributed by atoms with van der Waals surface area (Å²) in [6, 6.07) is 12.5. The minimum Gasteiger partial charge on any atom is -0.497 e. The predicted molar refractivity (Wildman–Crippen MR) is 86.6 cm³/mol. The molecule has 2 aromatic carbocycles. The topological polar surface area (TPSA) is 65.0 Å². The first-order valence-corrected chi connectivity index (χ1v) is 7.16. The Morgan fingerprint density at radius 3 is 2.30 bits per heavy atom. The average Bonchev–Trinajstić information content (AvgIpc) is 2.59. The molecule has 1 atom stereocenters. The zero-order valence-corrected chi connectivity index (χ0v) is 13.4. The molecule has 5 heteroatoms. The number of rotatable bonds is 7. The van der Waals surface area contributed by atoms with E-state index in [0.717, 1.165) is 5.56 Å². The zero-order chi connectivity index (χ0) is 16.8. The summed E-state index contributed by atoms with van der Waals surface area (Å²) in [5.74, 6) is 0.330. The van der Waals surface area contributed by atoms with Crippen molar-refractivity contribution in [1.82, 2.24) is 0 Å². The summed E-state index contributed by atoms with van der Waals surface area (Å²) in [4.78, 5) is 11.7. The van der Waals surface area contributed by atoms with Crippen molar-refractivity contribution in [2.24, 2.45) is 0 Å². The number of methoxy groups -OCH3 is 3. The van der Waals surface area contributed by atoms with Gasteiger partial charge in [-0.1, -0.05) is 12.1 Å². The highest BCUT2D eigenvalue weighted by Gasteiger charge is 2.23. The molecule has 0 aromatic heterocycles. The first kappa shape index (κ1) is 16.7. The van der Waals surface area contributed by atoms with Gasteiger partial charge in [-0.2, -0.15) is 0 Å². The normalized spacial score (nSPS) is 11.6. The molecule has 0 aliphatic rings. The highest BCUT2D eigenvalue weighted by Crippen LogP contribution is 2.31. The SMILES string of the molecule is COc1cccc(C(Cc2cc(OC)ccc2OC)C(=O)O)c1. The van der Waals surface area contributed by atoms with Crippen LogP contribution in [0.2, 0.25) is 0 Å². The van der Waals surface area contributed by atoms with Crippen molar-refractivity contribution in [3.05, 3.63) is 53.6 Å². The third kappa shape index (κ3) is 3.94. The summed E-state index contributed by atoms with van der Waals surface area (Å²) in [5.41, 5.74) is 1.46. The Labute approximate surface area is 135 Å². The van der Waals surface area contributed by atoms with Crippen LogP contribution in [0, 0.1) is 0 Å². The van der Waals surface area contributed by atoms with Crippen molar-refractivity contribution < 1.29 is 24.1 Å². The monoisotopic (exact) mass is 316 g/mol. The maximum atomic E-state index is 11.7. The molecule has 0 saturated carbocycles. The van der Waals surface area contributed by atoms with Crippen molar-refractivity contribution in [2.45, 2.75) is 12.3 Å². The van der Waals surface area contributed by atoms with E-state index in [2.05, 4.69) is 0 Å². The van der Waals surface area contributed by atoms with Crippen LogP contribution in [0.15, 0.2) is 42.5 Å². The molecule has 0 aliphatic heterocycles.